The van der Waals surface area contributed by atoms with Crippen molar-refractivity contribution < 1.29 is 4.79 Å². The highest BCUT2D eigenvalue weighted by Crippen LogP contribution is 2.25. The number of piperidine rings is 1. The van der Waals surface area contributed by atoms with Crippen molar-refractivity contribution in [2.75, 3.05) is 18.0 Å². The van der Waals surface area contributed by atoms with E-state index in [9.17, 15) is 4.79 Å². The quantitative estimate of drug-likeness (QED) is 0.740. The predicted octanol–water partition coefficient (Wildman–Crippen LogP) is 3.48. The van der Waals surface area contributed by atoms with Crippen molar-refractivity contribution in [3.63, 3.8) is 0 Å². The molecule has 1 aromatic carbocycles. The van der Waals surface area contributed by atoms with Crippen LogP contribution in [-0.2, 0) is 11.3 Å². The molecule has 3 heterocycles. The predicted molar refractivity (Wildman–Crippen MR) is 115 cm³/mol. The zero-order valence-corrected chi connectivity index (χ0v) is 17.3. The van der Waals surface area contributed by atoms with E-state index in [-0.39, 0.29) is 11.8 Å². The molecule has 4 rings (SSSR count). The smallest absolute Gasteiger partial charge is 0.225 e. The highest BCUT2D eigenvalue weighted by atomic mass is 16.1. The van der Waals surface area contributed by atoms with E-state index >= 15 is 0 Å². The van der Waals surface area contributed by atoms with Gasteiger partial charge in [0.05, 0.1) is 29.2 Å². The average Bonchev–Trinajstić information content (AvgIpc) is 2.74. The van der Waals surface area contributed by atoms with E-state index in [0.717, 1.165) is 47.5 Å². The van der Waals surface area contributed by atoms with Crippen molar-refractivity contribution in [1.82, 2.24) is 20.3 Å². The van der Waals surface area contributed by atoms with Crippen molar-refractivity contribution in [2.45, 2.75) is 40.2 Å². The Morgan fingerprint density at radius 3 is 2.69 bits per heavy atom. The van der Waals surface area contributed by atoms with E-state index in [1.165, 1.54) is 5.56 Å². The fourth-order valence-corrected chi connectivity index (χ4v) is 3.74. The molecule has 0 radical (unpaired) electrons. The molecule has 1 aliphatic rings. The Hall–Kier alpha value is -3.02. The topological polar surface area (TPSA) is 71.0 Å². The zero-order valence-electron chi connectivity index (χ0n) is 17.3. The first-order valence-electron chi connectivity index (χ1n) is 10.2. The van der Waals surface area contributed by atoms with Crippen molar-refractivity contribution in [3.8, 4) is 0 Å². The fraction of sp³-hybridized carbons (Fsp3) is 0.391. The number of nitrogens with one attached hydrogen (secondary N) is 1. The molecule has 1 saturated heterocycles. The van der Waals surface area contributed by atoms with Crippen LogP contribution in [0, 0.1) is 26.7 Å². The van der Waals surface area contributed by atoms with E-state index in [0.29, 0.717) is 18.7 Å². The molecule has 150 valence electrons. The van der Waals surface area contributed by atoms with E-state index < -0.39 is 0 Å². The van der Waals surface area contributed by atoms with Crippen LogP contribution >= 0.6 is 0 Å². The third-order valence-electron chi connectivity index (χ3n) is 5.66. The van der Waals surface area contributed by atoms with Crippen LogP contribution in [0.5, 0.6) is 0 Å². The van der Waals surface area contributed by atoms with E-state index in [4.69, 9.17) is 0 Å². The molecular formula is C23H27N5O. The van der Waals surface area contributed by atoms with Crippen LogP contribution in [-0.4, -0.2) is 33.9 Å². The molecule has 29 heavy (non-hydrogen) atoms. The van der Waals surface area contributed by atoms with Crippen LogP contribution < -0.4 is 10.2 Å². The number of hydrogen-bond acceptors (Lipinski definition) is 5. The van der Waals surface area contributed by atoms with Gasteiger partial charge in [0.1, 0.15) is 5.52 Å². The average molecular weight is 390 g/mol. The van der Waals surface area contributed by atoms with Crippen LogP contribution in [0.15, 0.2) is 36.5 Å². The molecule has 1 N–H and O–H groups in total. The third-order valence-corrected chi connectivity index (χ3v) is 5.66. The maximum atomic E-state index is 12.7. The van der Waals surface area contributed by atoms with Crippen molar-refractivity contribution in [1.29, 1.82) is 0 Å². The Labute approximate surface area is 171 Å². The lowest BCUT2D eigenvalue weighted by molar-refractivity contribution is -0.125. The highest BCUT2D eigenvalue weighted by molar-refractivity contribution is 5.80. The first-order chi connectivity index (χ1) is 14.0. The summed E-state index contributed by atoms with van der Waals surface area (Å²) in [5, 5.41) is 3.10. The number of carbonyl (C=O) groups is 1. The fourth-order valence-electron chi connectivity index (χ4n) is 3.74. The van der Waals surface area contributed by atoms with Gasteiger partial charge in [-0.15, -0.1) is 0 Å². The molecule has 6 heteroatoms. The number of carbonyl (C=O) groups excluding carboxylic acids is 1. The van der Waals surface area contributed by atoms with Crippen molar-refractivity contribution in [2.24, 2.45) is 5.92 Å². The maximum absolute atomic E-state index is 12.7. The van der Waals surface area contributed by atoms with Crippen LogP contribution in [0.2, 0.25) is 0 Å². The van der Waals surface area contributed by atoms with Gasteiger partial charge in [-0.3, -0.25) is 4.79 Å². The van der Waals surface area contributed by atoms with Gasteiger partial charge in [0, 0.05) is 19.6 Å². The summed E-state index contributed by atoms with van der Waals surface area (Å²) in [5.74, 6) is 0.103. The summed E-state index contributed by atoms with van der Waals surface area (Å²) >= 11 is 0. The molecule has 2 aromatic heterocycles. The number of pyridine rings is 1. The lowest BCUT2D eigenvalue weighted by Gasteiger charge is -2.33. The minimum Gasteiger partial charge on any atom is -0.369 e. The lowest BCUT2D eigenvalue weighted by Crippen LogP contribution is -2.43. The SMILES string of the molecule is Cc1ccc(CNC(=O)[C@H]2CCCN(c3cnc4nc(C)c(C)nc4c3)C2)cc1. The number of nitrogens with zero attached hydrogens (tertiary/aromatic N) is 4. The second kappa shape index (κ2) is 8.15. The Kier molecular flexibility index (Phi) is 5.43. The second-order valence-corrected chi connectivity index (χ2v) is 7.92. The normalized spacial score (nSPS) is 16.8. The molecule has 0 saturated carbocycles. The molecule has 1 aliphatic heterocycles. The minimum absolute atomic E-state index is 0.0178. The Bertz CT molecular complexity index is 1030. The monoisotopic (exact) mass is 389 g/mol. The van der Waals surface area contributed by atoms with Gasteiger partial charge in [-0.1, -0.05) is 29.8 Å². The zero-order chi connectivity index (χ0) is 20.4. The standard InChI is InChI=1S/C23H27N5O/c1-15-6-8-18(9-7-15)12-25-23(29)19-5-4-10-28(14-19)20-11-21-22(24-13-20)27-17(3)16(2)26-21/h6-9,11,13,19H,4-5,10,12,14H2,1-3H3,(H,25,29)/t19-/m0/s1. The molecule has 1 fully saturated rings. The van der Waals surface area contributed by atoms with Crippen LogP contribution in [0.4, 0.5) is 5.69 Å². The van der Waals surface area contributed by atoms with Gasteiger partial charge in [-0.2, -0.15) is 0 Å². The molecule has 0 spiro atoms. The first-order valence-corrected chi connectivity index (χ1v) is 10.2. The van der Waals surface area contributed by atoms with Gasteiger partial charge in [-0.25, -0.2) is 15.0 Å². The largest absolute Gasteiger partial charge is 0.369 e. The number of benzene rings is 1. The van der Waals surface area contributed by atoms with E-state index in [1.807, 2.05) is 26.1 Å². The maximum Gasteiger partial charge on any atom is 0.225 e. The van der Waals surface area contributed by atoms with Gasteiger partial charge in [-0.05, 0) is 45.2 Å². The van der Waals surface area contributed by atoms with Crippen LogP contribution in [0.1, 0.15) is 35.4 Å². The summed E-state index contributed by atoms with van der Waals surface area (Å²) < 4.78 is 0. The number of aryl methyl sites for hydroxylation is 3. The van der Waals surface area contributed by atoms with Gasteiger partial charge in [0.2, 0.25) is 5.91 Å². The summed E-state index contributed by atoms with van der Waals surface area (Å²) in [6, 6.07) is 10.3. The van der Waals surface area contributed by atoms with Crippen LogP contribution in [0.25, 0.3) is 11.2 Å². The van der Waals surface area contributed by atoms with Gasteiger partial charge in [0.25, 0.3) is 0 Å². The van der Waals surface area contributed by atoms with Gasteiger partial charge in [0.15, 0.2) is 5.65 Å². The third kappa shape index (κ3) is 4.36. The molecule has 6 nitrogen and oxygen atoms in total. The second-order valence-electron chi connectivity index (χ2n) is 7.92. The first kappa shape index (κ1) is 19.3. The molecule has 0 unspecified atom stereocenters. The molecule has 0 bridgehead atoms. The van der Waals surface area contributed by atoms with Gasteiger partial charge < -0.3 is 10.2 Å². The summed E-state index contributed by atoms with van der Waals surface area (Å²) in [6.07, 6.45) is 3.74. The number of fused-ring (bicyclic) bond motifs is 1. The number of rotatable bonds is 4. The molecule has 3 aromatic rings. The molecule has 0 aliphatic carbocycles. The number of hydrogen-bond donors (Lipinski definition) is 1. The van der Waals surface area contributed by atoms with Crippen molar-refractivity contribution in [3.05, 3.63) is 59.0 Å². The van der Waals surface area contributed by atoms with Crippen LogP contribution in [0.3, 0.4) is 0 Å². The Morgan fingerprint density at radius 1 is 1.14 bits per heavy atom. The van der Waals surface area contributed by atoms with E-state index in [2.05, 4.69) is 56.4 Å². The lowest BCUT2D eigenvalue weighted by atomic mass is 9.96. The number of anilines is 1. The summed E-state index contributed by atoms with van der Waals surface area (Å²) in [6.45, 7) is 8.17. The van der Waals surface area contributed by atoms with Crippen molar-refractivity contribution >= 4 is 22.8 Å². The highest BCUT2D eigenvalue weighted by Gasteiger charge is 2.26. The molecule has 1 atom stereocenters. The summed E-state index contributed by atoms with van der Waals surface area (Å²) in [7, 11) is 0. The number of amides is 1. The summed E-state index contributed by atoms with van der Waals surface area (Å²) in [4.78, 5) is 28.6. The molecular weight excluding hydrogens is 362 g/mol. The number of aromatic nitrogens is 3. The minimum atomic E-state index is -0.0178. The summed E-state index contributed by atoms with van der Waals surface area (Å²) in [5.41, 5.74) is 6.65. The Balaban J connectivity index is 1.43. The Morgan fingerprint density at radius 2 is 1.90 bits per heavy atom. The van der Waals surface area contributed by atoms with E-state index in [1.54, 1.807) is 0 Å². The molecule has 1 amide bonds. The van der Waals surface area contributed by atoms with Gasteiger partial charge >= 0.3 is 0 Å².